The second-order valence-corrected chi connectivity index (χ2v) is 7.06. The van der Waals surface area contributed by atoms with Crippen molar-refractivity contribution in [2.75, 3.05) is 18.5 Å². The predicted molar refractivity (Wildman–Crippen MR) is 117 cm³/mol. The maximum absolute atomic E-state index is 12.2. The molecule has 1 amide bonds. The van der Waals surface area contributed by atoms with E-state index in [0.29, 0.717) is 17.9 Å². The largest absolute Gasteiger partial charge is 0.482 e. The second-order valence-electron chi connectivity index (χ2n) is 7.06. The molecule has 0 aliphatic carbocycles. The summed E-state index contributed by atoms with van der Waals surface area (Å²) in [4.78, 5) is 24.2. The molecule has 0 bridgehead atoms. The number of aryl methyl sites for hydroxylation is 2. The summed E-state index contributed by atoms with van der Waals surface area (Å²) in [5.74, 6) is -0.398. The molecule has 0 unspecified atom stereocenters. The third-order valence-electron chi connectivity index (χ3n) is 4.73. The van der Waals surface area contributed by atoms with Crippen LogP contribution >= 0.6 is 0 Å². The van der Waals surface area contributed by atoms with Gasteiger partial charge in [0.25, 0.3) is 5.91 Å². The number of hydrogen-bond acceptors (Lipinski definition) is 4. The van der Waals surface area contributed by atoms with Crippen molar-refractivity contribution in [2.24, 2.45) is 0 Å². The van der Waals surface area contributed by atoms with E-state index < -0.39 is 11.9 Å². The fraction of sp³-hybridized carbons (Fsp3) is 0.200. The summed E-state index contributed by atoms with van der Waals surface area (Å²) in [6, 6.07) is 23.2. The molecule has 0 atom stereocenters. The molecule has 3 rings (SSSR count). The highest BCUT2D eigenvalue weighted by atomic mass is 16.6. The van der Waals surface area contributed by atoms with Gasteiger partial charge >= 0.3 is 5.97 Å². The zero-order valence-corrected chi connectivity index (χ0v) is 17.2. The lowest BCUT2D eigenvalue weighted by Gasteiger charge is -2.12. The number of rotatable bonds is 8. The number of hydrogen-bond donors (Lipinski definition) is 1. The first-order valence-electron chi connectivity index (χ1n) is 9.78. The van der Waals surface area contributed by atoms with E-state index in [4.69, 9.17) is 9.47 Å². The van der Waals surface area contributed by atoms with Gasteiger partial charge in [0, 0.05) is 5.69 Å². The highest BCUT2D eigenvalue weighted by molar-refractivity contribution is 5.93. The molecule has 30 heavy (non-hydrogen) atoms. The average molecular weight is 403 g/mol. The summed E-state index contributed by atoms with van der Waals surface area (Å²) in [5, 5.41) is 2.82. The Morgan fingerprint density at radius 1 is 0.833 bits per heavy atom. The summed E-state index contributed by atoms with van der Waals surface area (Å²) < 4.78 is 10.5. The van der Waals surface area contributed by atoms with Crippen LogP contribution in [0, 0.1) is 13.8 Å². The molecule has 5 heteroatoms. The molecular weight excluding hydrogens is 378 g/mol. The Bertz CT molecular complexity index is 1010. The van der Waals surface area contributed by atoms with E-state index in [0.717, 1.165) is 22.3 Å². The molecule has 0 spiro atoms. The summed E-state index contributed by atoms with van der Waals surface area (Å²) in [6.45, 7) is 3.36. The van der Waals surface area contributed by atoms with Gasteiger partial charge in [0.05, 0.1) is 0 Å². The SMILES string of the molecule is Cc1ccc(OCC(=O)OCC(=O)Nc2ccccc2Cc2ccccc2)cc1C. The number of benzene rings is 3. The van der Waals surface area contributed by atoms with Gasteiger partial charge in [-0.1, -0.05) is 54.6 Å². The van der Waals surface area contributed by atoms with Crippen molar-refractivity contribution in [3.05, 3.63) is 95.1 Å². The van der Waals surface area contributed by atoms with Crippen molar-refractivity contribution >= 4 is 17.6 Å². The van der Waals surface area contributed by atoms with Crippen LogP contribution in [0.4, 0.5) is 5.69 Å². The van der Waals surface area contributed by atoms with E-state index in [9.17, 15) is 9.59 Å². The first-order valence-corrected chi connectivity index (χ1v) is 9.78. The van der Waals surface area contributed by atoms with Crippen molar-refractivity contribution in [2.45, 2.75) is 20.3 Å². The van der Waals surface area contributed by atoms with Crippen LogP contribution in [0.5, 0.6) is 5.75 Å². The molecule has 5 nitrogen and oxygen atoms in total. The Hall–Kier alpha value is -3.60. The van der Waals surface area contributed by atoms with Crippen LogP contribution in [0.25, 0.3) is 0 Å². The normalized spacial score (nSPS) is 10.3. The van der Waals surface area contributed by atoms with Crippen LogP contribution in [0.1, 0.15) is 22.3 Å². The molecule has 0 heterocycles. The van der Waals surface area contributed by atoms with E-state index in [1.54, 1.807) is 6.07 Å². The maximum Gasteiger partial charge on any atom is 0.344 e. The molecule has 3 aromatic rings. The monoisotopic (exact) mass is 403 g/mol. The summed E-state index contributed by atoms with van der Waals surface area (Å²) >= 11 is 0. The summed E-state index contributed by atoms with van der Waals surface area (Å²) in [7, 11) is 0. The minimum atomic E-state index is -0.596. The van der Waals surface area contributed by atoms with E-state index in [2.05, 4.69) is 5.32 Å². The molecule has 0 saturated carbocycles. The fourth-order valence-corrected chi connectivity index (χ4v) is 2.93. The van der Waals surface area contributed by atoms with Crippen LogP contribution in [-0.2, 0) is 20.7 Å². The van der Waals surface area contributed by atoms with E-state index in [1.165, 1.54) is 0 Å². The van der Waals surface area contributed by atoms with Gasteiger partial charge in [-0.3, -0.25) is 4.79 Å². The standard InChI is InChI=1S/C25H25NO4/c1-18-12-13-22(14-19(18)2)29-17-25(28)30-16-24(27)26-23-11-7-6-10-21(23)15-20-8-4-3-5-9-20/h3-14H,15-17H2,1-2H3,(H,26,27). The van der Waals surface area contributed by atoms with Crippen molar-refractivity contribution in [3.63, 3.8) is 0 Å². The van der Waals surface area contributed by atoms with Gasteiger partial charge in [-0.15, -0.1) is 0 Å². The number of esters is 1. The minimum Gasteiger partial charge on any atom is -0.482 e. The van der Waals surface area contributed by atoms with Crippen LogP contribution in [0.15, 0.2) is 72.8 Å². The van der Waals surface area contributed by atoms with Crippen molar-refractivity contribution in [3.8, 4) is 5.75 Å². The summed E-state index contributed by atoms with van der Waals surface area (Å²) in [5.41, 5.74) is 5.06. The van der Waals surface area contributed by atoms with E-state index in [1.807, 2.05) is 80.6 Å². The number of para-hydroxylation sites is 1. The minimum absolute atomic E-state index is 0.250. The zero-order chi connectivity index (χ0) is 21.3. The van der Waals surface area contributed by atoms with Crippen molar-refractivity contribution < 1.29 is 19.1 Å². The zero-order valence-electron chi connectivity index (χ0n) is 17.2. The second kappa shape index (κ2) is 10.3. The molecule has 1 N–H and O–H groups in total. The number of carbonyl (C=O) groups excluding carboxylic acids is 2. The highest BCUT2D eigenvalue weighted by Gasteiger charge is 2.11. The van der Waals surface area contributed by atoms with Crippen LogP contribution in [0.2, 0.25) is 0 Å². The molecule has 3 aromatic carbocycles. The Balaban J connectivity index is 1.48. The van der Waals surface area contributed by atoms with Gasteiger partial charge in [0.2, 0.25) is 0 Å². The first-order chi connectivity index (χ1) is 14.5. The van der Waals surface area contributed by atoms with Gasteiger partial charge in [0.15, 0.2) is 13.2 Å². The van der Waals surface area contributed by atoms with Crippen LogP contribution in [0.3, 0.4) is 0 Å². The Morgan fingerprint density at radius 2 is 1.57 bits per heavy atom. The average Bonchev–Trinajstić information content (AvgIpc) is 2.75. The van der Waals surface area contributed by atoms with Gasteiger partial charge < -0.3 is 14.8 Å². The number of carbonyl (C=O) groups is 2. The van der Waals surface area contributed by atoms with Crippen LogP contribution in [-0.4, -0.2) is 25.1 Å². The van der Waals surface area contributed by atoms with Gasteiger partial charge in [-0.05, 0) is 60.7 Å². The third kappa shape index (κ3) is 6.21. The molecule has 0 fully saturated rings. The fourth-order valence-electron chi connectivity index (χ4n) is 2.93. The molecule has 0 saturated heterocycles. The molecule has 0 aliphatic rings. The quantitative estimate of drug-likeness (QED) is 0.564. The molecule has 0 aliphatic heterocycles. The van der Waals surface area contributed by atoms with E-state index in [-0.39, 0.29) is 13.2 Å². The lowest BCUT2D eigenvalue weighted by atomic mass is 10.0. The van der Waals surface area contributed by atoms with Crippen LogP contribution < -0.4 is 10.1 Å². The first kappa shape index (κ1) is 21.1. The maximum atomic E-state index is 12.2. The number of anilines is 1. The van der Waals surface area contributed by atoms with Gasteiger partial charge in [0.1, 0.15) is 5.75 Å². The molecule has 154 valence electrons. The third-order valence-corrected chi connectivity index (χ3v) is 4.73. The Labute approximate surface area is 176 Å². The number of nitrogens with one attached hydrogen (secondary N) is 1. The number of amides is 1. The van der Waals surface area contributed by atoms with Gasteiger partial charge in [-0.2, -0.15) is 0 Å². The topological polar surface area (TPSA) is 64.6 Å². The summed E-state index contributed by atoms with van der Waals surface area (Å²) in [6.07, 6.45) is 0.695. The van der Waals surface area contributed by atoms with Gasteiger partial charge in [-0.25, -0.2) is 4.79 Å². The van der Waals surface area contributed by atoms with Crippen molar-refractivity contribution in [1.29, 1.82) is 0 Å². The smallest absolute Gasteiger partial charge is 0.344 e. The predicted octanol–water partition coefficient (Wildman–Crippen LogP) is 4.45. The van der Waals surface area contributed by atoms with Crippen molar-refractivity contribution in [1.82, 2.24) is 0 Å². The molecule has 0 aromatic heterocycles. The Kier molecular flexibility index (Phi) is 7.22. The molecular formula is C25H25NO4. The molecule has 0 radical (unpaired) electrons. The lowest BCUT2D eigenvalue weighted by Crippen LogP contribution is -2.24. The number of ether oxygens (including phenoxy) is 2. The lowest BCUT2D eigenvalue weighted by molar-refractivity contribution is -0.149. The van der Waals surface area contributed by atoms with E-state index >= 15 is 0 Å². The Morgan fingerprint density at radius 3 is 2.33 bits per heavy atom. The highest BCUT2D eigenvalue weighted by Crippen LogP contribution is 2.19.